The van der Waals surface area contributed by atoms with Gasteiger partial charge in [0.05, 0.1) is 17.2 Å². The van der Waals surface area contributed by atoms with E-state index >= 15 is 0 Å². The minimum absolute atomic E-state index is 0.161. The molecule has 0 aromatic heterocycles. The average Bonchev–Trinajstić information content (AvgIpc) is 2.03. The van der Waals surface area contributed by atoms with E-state index in [0.29, 0.717) is 10.0 Å². The number of carboxylic acid groups (broad SMARTS) is 1. The van der Waals surface area contributed by atoms with E-state index in [1.54, 1.807) is 0 Å². The highest BCUT2D eigenvalue weighted by Gasteiger charge is 2.07. The van der Waals surface area contributed by atoms with Gasteiger partial charge in [-0.3, -0.25) is 0 Å². The smallest absolute Gasteiger partial charge is 0.336 e. The first-order valence-electron chi connectivity index (χ1n) is 3.08. The Morgan fingerprint density at radius 3 is 2.67 bits per heavy atom. The Balaban J connectivity index is 3.23. The number of nitrogens with zero attached hydrogens (tertiary/aromatic N) is 1. The molecule has 0 aliphatic rings. The van der Waals surface area contributed by atoms with Crippen molar-refractivity contribution in [3.8, 4) is 6.07 Å². The molecule has 0 aliphatic heterocycles. The molecule has 0 unspecified atom stereocenters. The van der Waals surface area contributed by atoms with Gasteiger partial charge >= 0.3 is 5.97 Å². The molecule has 0 radical (unpaired) electrons. The van der Waals surface area contributed by atoms with Crippen molar-refractivity contribution in [2.45, 2.75) is 0 Å². The molecule has 0 atom stereocenters. The number of halogens is 1. The van der Waals surface area contributed by atoms with E-state index in [2.05, 4.69) is 15.9 Å². The Hall–Kier alpha value is -1.34. The van der Waals surface area contributed by atoms with Gasteiger partial charge in [0.2, 0.25) is 0 Å². The molecule has 12 heavy (non-hydrogen) atoms. The lowest BCUT2D eigenvalue weighted by Gasteiger charge is -1.97. The third-order valence-electron chi connectivity index (χ3n) is 1.33. The largest absolute Gasteiger partial charge is 0.478 e. The summed E-state index contributed by atoms with van der Waals surface area (Å²) < 4.78 is 0.425. The van der Waals surface area contributed by atoms with Gasteiger partial charge in [0, 0.05) is 4.47 Å². The van der Waals surface area contributed by atoms with Crippen molar-refractivity contribution in [3.05, 3.63) is 33.8 Å². The maximum atomic E-state index is 10.5. The number of carboxylic acids is 1. The fourth-order valence-corrected chi connectivity index (χ4v) is 1.31. The van der Waals surface area contributed by atoms with Gasteiger partial charge in [0.1, 0.15) is 0 Å². The molecule has 0 amide bonds. The molecule has 60 valence electrons. The summed E-state index contributed by atoms with van der Waals surface area (Å²) in [7, 11) is 0. The first-order valence-corrected chi connectivity index (χ1v) is 3.87. The highest BCUT2D eigenvalue weighted by molar-refractivity contribution is 9.10. The normalized spacial score (nSPS) is 9.00. The third-order valence-corrected chi connectivity index (χ3v) is 1.98. The van der Waals surface area contributed by atoms with Gasteiger partial charge in [-0.15, -0.1) is 0 Å². The maximum Gasteiger partial charge on any atom is 0.336 e. The number of carbonyl (C=O) groups is 1. The quantitative estimate of drug-likeness (QED) is 0.796. The van der Waals surface area contributed by atoms with Gasteiger partial charge < -0.3 is 5.11 Å². The standard InChI is InChI=1S/C8H4BrNO2/c9-7-3-5(4-10)1-2-6(7)8(11)12/h1-3H,(H,11,12). The van der Waals surface area contributed by atoms with Crippen LogP contribution in [0.3, 0.4) is 0 Å². The molecule has 1 aromatic rings. The average molecular weight is 226 g/mol. The molecule has 3 nitrogen and oxygen atoms in total. The molecule has 1 aromatic carbocycles. The third kappa shape index (κ3) is 1.63. The highest BCUT2D eigenvalue weighted by atomic mass is 79.9. The monoisotopic (exact) mass is 225 g/mol. The summed E-state index contributed by atoms with van der Waals surface area (Å²) in [5.41, 5.74) is 0.598. The second-order valence-electron chi connectivity index (χ2n) is 2.11. The fourth-order valence-electron chi connectivity index (χ4n) is 0.758. The Bertz CT molecular complexity index is 368. The predicted molar refractivity (Wildman–Crippen MR) is 45.8 cm³/mol. The molecule has 1 N–H and O–H groups in total. The van der Waals surface area contributed by atoms with E-state index in [1.165, 1.54) is 18.2 Å². The maximum absolute atomic E-state index is 10.5. The second kappa shape index (κ2) is 3.37. The Kier molecular flexibility index (Phi) is 2.46. The van der Waals surface area contributed by atoms with Crippen LogP contribution < -0.4 is 0 Å². The Morgan fingerprint density at radius 1 is 1.58 bits per heavy atom. The van der Waals surface area contributed by atoms with Crippen LogP contribution in [0.5, 0.6) is 0 Å². The van der Waals surface area contributed by atoms with Crippen LogP contribution in [0.2, 0.25) is 0 Å². The number of rotatable bonds is 1. The van der Waals surface area contributed by atoms with Gasteiger partial charge in [-0.05, 0) is 34.1 Å². The van der Waals surface area contributed by atoms with E-state index in [4.69, 9.17) is 10.4 Å². The zero-order valence-corrected chi connectivity index (χ0v) is 7.50. The zero-order chi connectivity index (χ0) is 9.14. The Morgan fingerprint density at radius 2 is 2.25 bits per heavy atom. The van der Waals surface area contributed by atoms with Crippen molar-refractivity contribution in [1.82, 2.24) is 0 Å². The lowest BCUT2D eigenvalue weighted by atomic mass is 10.1. The topological polar surface area (TPSA) is 61.1 Å². The lowest BCUT2D eigenvalue weighted by Crippen LogP contribution is -1.97. The molecule has 4 heteroatoms. The molecular weight excluding hydrogens is 222 g/mol. The second-order valence-corrected chi connectivity index (χ2v) is 2.97. The van der Waals surface area contributed by atoms with Crippen LogP contribution in [-0.4, -0.2) is 11.1 Å². The van der Waals surface area contributed by atoms with Crippen LogP contribution in [0.25, 0.3) is 0 Å². The van der Waals surface area contributed by atoms with E-state index < -0.39 is 5.97 Å². The summed E-state index contributed by atoms with van der Waals surface area (Å²) in [5, 5.41) is 17.1. The van der Waals surface area contributed by atoms with Crippen molar-refractivity contribution >= 4 is 21.9 Å². The van der Waals surface area contributed by atoms with E-state index in [-0.39, 0.29) is 5.56 Å². The van der Waals surface area contributed by atoms with Gasteiger partial charge in [-0.25, -0.2) is 4.79 Å². The molecule has 0 saturated heterocycles. The van der Waals surface area contributed by atoms with Crippen LogP contribution >= 0.6 is 15.9 Å². The van der Waals surface area contributed by atoms with Crippen LogP contribution in [0.1, 0.15) is 15.9 Å². The molecule has 0 aliphatic carbocycles. The summed E-state index contributed by atoms with van der Waals surface area (Å²) in [5.74, 6) is -1.01. The Labute approximate surface area is 77.4 Å². The summed E-state index contributed by atoms with van der Waals surface area (Å²) in [6.45, 7) is 0. The van der Waals surface area contributed by atoms with Gasteiger partial charge in [0.15, 0.2) is 0 Å². The van der Waals surface area contributed by atoms with Crippen molar-refractivity contribution in [2.24, 2.45) is 0 Å². The number of nitriles is 1. The summed E-state index contributed by atoms with van der Waals surface area (Å²) >= 11 is 3.06. The van der Waals surface area contributed by atoms with Gasteiger partial charge in [-0.1, -0.05) is 0 Å². The van der Waals surface area contributed by atoms with E-state index in [0.717, 1.165) is 0 Å². The molecular formula is C8H4BrNO2. The van der Waals surface area contributed by atoms with Crippen molar-refractivity contribution in [2.75, 3.05) is 0 Å². The minimum Gasteiger partial charge on any atom is -0.478 e. The molecule has 0 fully saturated rings. The molecule has 0 spiro atoms. The number of hydrogen-bond acceptors (Lipinski definition) is 2. The molecule has 0 bridgehead atoms. The lowest BCUT2D eigenvalue weighted by molar-refractivity contribution is 0.0696. The number of hydrogen-bond donors (Lipinski definition) is 1. The zero-order valence-electron chi connectivity index (χ0n) is 5.91. The van der Waals surface area contributed by atoms with Crippen molar-refractivity contribution < 1.29 is 9.90 Å². The predicted octanol–water partition coefficient (Wildman–Crippen LogP) is 2.02. The van der Waals surface area contributed by atoms with Crippen LogP contribution in [0.15, 0.2) is 22.7 Å². The minimum atomic E-state index is -1.01. The van der Waals surface area contributed by atoms with Crippen molar-refractivity contribution in [1.29, 1.82) is 5.26 Å². The first-order chi connectivity index (χ1) is 5.65. The molecule has 0 heterocycles. The SMILES string of the molecule is N#Cc1ccc(C(=O)O)c(Br)c1. The summed E-state index contributed by atoms with van der Waals surface area (Å²) in [4.78, 5) is 10.5. The molecule has 0 saturated carbocycles. The first kappa shape index (κ1) is 8.75. The van der Waals surface area contributed by atoms with Gasteiger partial charge in [-0.2, -0.15) is 5.26 Å². The summed E-state index contributed by atoms with van der Waals surface area (Å²) in [6, 6.07) is 6.25. The van der Waals surface area contributed by atoms with Crippen LogP contribution in [-0.2, 0) is 0 Å². The highest BCUT2D eigenvalue weighted by Crippen LogP contribution is 2.17. The number of benzene rings is 1. The van der Waals surface area contributed by atoms with E-state index in [9.17, 15) is 4.79 Å². The summed E-state index contributed by atoms with van der Waals surface area (Å²) in [6.07, 6.45) is 0. The van der Waals surface area contributed by atoms with Crippen molar-refractivity contribution in [3.63, 3.8) is 0 Å². The van der Waals surface area contributed by atoms with Gasteiger partial charge in [0.25, 0.3) is 0 Å². The van der Waals surface area contributed by atoms with E-state index in [1.807, 2.05) is 6.07 Å². The number of aromatic carboxylic acids is 1. The van der Waals surface area contributed by atoms with Crippen LogP contribution in [0.4, 0.5) is 0 Å². The molecule has 1 rings (SSSR count). The fraction of sp³-hybridized carbons (Fsp3) is 0. The van der Waals surface area contributed by atoms with Crippen LogP contribution in [0, 0.1) is 11.3 Å².